The monoisotopic (exact) mass is 339 g/mol. The van der Waals surface area contributed by atoms with Crippen molar-refractivity contribution in [3.05, 3.63) is 41.5 Å². The molecule has 5 heteroatoms. The standard InChI is InChI=1S/C20H25N3O2/c1-12(2)6-4-7-13(3)23-19(24)15-9-5-8-14-17(22-21)11-10-16(18(14)15)20(23)25/h5,8-13,22H,4,6-7,21H2,1-3H3. The van der Waals surface area contributed by atoms with E-state index >= 15 is 0 Å². The summed E-state index contributed by atoms with van der Waals surface area (Å²) in [4.78, 5) is 27.4. The Kier molecular flexibility index (Phi) is 4.77. The molecule has 2 amide bonds. The third kappa shape index (κ3) is 3.00. The summed E-state index contributed by atoms with van der Waals surface area (Å²) in [5.41, 5.74) is 4.49. The van der Waals surface area contributed by atoms with Crippen LogP contribution in [0, 0.1) is 5.92 Å². The number of nitrogens with zero attached hydrogens (tertiary/aromatic N) is 1. The molecule has 1 heterocycles. The van der Waals surface area contributed by atoms with Crippen molar-refractivity contribution in [2.45, 2.75) is 46.1 Å². The molecule has 3 N–H and O–H groups in total. The molecule has 1 aliphatic heterocycles. The number of nitrogens with two attached hydrogens (primary N) is 1. The smallest absolute Gasteiger partial charge is 0.261 e. The van der Waals surface area contributed by atoms with Crippen LogP contribution in [0.15, 0.2) is 30.3 Å². The fourth-order valence-electron chi connectivity index (χ4n) is 3.59. The molecule has 2 aromatic rings. The van der Waals surface area contributed by atoms with E-state index in [4.69, 9.17) is 5.84 Å². The van der Waals surface area contributed by atoms with Crippen molar-refractivity contribution in [1.82, 2.24) is 4.90 Å². The number of rotatable bonds is 6. The Morgan fingerprint density at radius 2 is 1.68 bits per heavy atom. The van der Waals surface area contributed by atoms with Crippen LogP contribution in [-0.2, 0) is 0 Å². The topological polar surface area (TPSA) is 75.4 Å². The highest BCUT2D eigenvalue weighted by Crippen LogP contribution is 2.35. The van der Waals surface area contributed by atoms with E-state index in [0.717, 1.165) is 24.6 Å². The fraction of sp³-hybridized carbons (Fsp3) is 0.400. The van der Waals surface area contributed by atoms with Crippen LogP contribution >= 0.6 is 0 Å². The van der Waals surface area contributed by atoms with Crippen LogP contribution in [0.25, 0.3) is 10.8 Å². The van der Waals surface area contributed by atoms with Gasteiger partial charge in [-0.15, -0.1) is 0 Å². The normalized spacial score (nSPS) is 15.2. The van der Waals surface area contributed by atoms with Gasteiger partial charge in [0.05, 0.1) is 5.69 Å². The number of anilines is 1. The Labute approximate surface area is 148 Å². The van der Waals surface area contributed by atoms with Gasteiger partial charge in [-0.1, -0.05) is 38.8 Å². The first kappa shape index (κ1) is 17.4. The molecule has 3 rings (SSSR count). The Bertz CT molecular complexity index is 807. The Balaban J connectivity index is 1.99. The van der Waals surface area contributed by atoms with Crippen molar-refractivity contribution in [2.24, 2.45) is 11.8 Å². The molecular weight excluding hydrogens is 314 g/mol. The average molecular weight is 339 g/mol. The Hall–Kier alpha value is -2.40. The number of nitrogens with one attached hydrogen (secondary N) is 1. The minimum absolute atomic E-state index is 0.116. The molecule has 1 unspecified atom stereocenters. The highest BCUT2D eigenvalue weighted by molar-refractivity contribution is 6.26. The summed E-state index contributed by atoms with van der Waals surface area (Å²) < 4.78 is 0. The molecule has 0 saturated heterocycles. The molecular formula is C20H25N3O2. The van der Waals surface area contributed by atoms with Crippen LogP contribution in [0.3, 0.4) is 0 Å². The van der Waals surface area contributed by atoms with E-state index in [1.807, 2.05) is 19.1 Å². The first-order valence-corrected chi connectivity index (χ1v) is 8.86. The van der Waals surface area contributed by atoms with Gasteiger partial charge in [-0.2, -0.15) is 0 Å². The molecule has 0 bridgehead atoms. The van der Waals surface area contributed by atoms with E-state index in [-0.39, 0.29) is 17.9 Å². The Morgan fingerprint density at radius 3 is 2.32 bits per heavy atom. The van der Waals surface area contributed by atoms with Crippen LogP contribution in [0.1, 0.15) is 60.7 Å². The van der Waals surface area contributed by atoms with Gasteiger partial charge >= 0.3 is 0 Å². The third-order valence-corrected chi connectivity index (χ3v) is 4.94. The lowest BCUT2D eigenvalue weighted by atomic mass is 9.91. The minimum Gasteiger partial charge on any atom is -0.324 e. The van der Waals surface area contributed by atoms with Gasteiger partial charge in [0.25, 0.3) is 11.8 Å². The van der Waals surface area contributed by atoms with Crippen molar-refractivity contribution in [3.8, 4) is 0 Å². The minimum atomic E-state index is -0.214. The number of amides is 2. The molecule has 0 fully saturated rings. The second-order valence-corrected chi connectivity index (χ2v) is 7.19. The number of carbonyl (C=O) groups is 2. The summed E-state index contributed by atoms with van der Waals surface area (Å²) in [6.07, 6.45) is 2.92. The van der Waals surface area contributed by atoms with E-state index in [2.05, 4.69) is 19.3 Å². The van der Waals surface area contributed by atoms with Crippen molar-refractivity contribution in [1.29, 1.82) is 0 Å². The third-order valence-electron chi connectivity index (χ3n) is 4.94. The van der Waals surface area contributed by atoms with E-state index in [9.17, 15) is 9.59 Å². The van der Waals surface area contributed by atoms with Gasteiger partial charge in [-0.25, -0.2) is 0 Å². The number of benzene rings is 2. The van der Waals surface area contributed by atoms with Crippen molar-refractivity contribution in [2.75, 3.05) is 5.43 Å². The molecule has 0 spiro atoms. The zero-order chi connectivity index (χ0) is 18.1. The fourth-order valence-corrected chi connectivity index (χ4v) is 3.59. The van der Waals surface area contributed by atoms with Crippen molar-refractivity contribution < 1.29 is 9.59 Å². The van der Waals surface area contributed by atoms with Crippen molar-refractivity contribution in [3.63, 3.8) is 0 Å². The summed E-state index contributed by atoms with van der Waals surface area (Å²) in [5.74, 6) is 5.76. The van der Waals surface area contributed by atoms with E-state index < -0.39 is 0 Å². The molecule has 0 aliphatic carbocycles. The van der Waals surface area contributed by atoms with E-state index in [1.165, 1.54) is 4.90 Å². The summed E-state index contributed by atoms with van der Waals surface area (Å²) in [6.45, 7) is 6.32. The number of carbonyl (C=O) groups excluding carboxylic acids is 2. The molecule has 0 saturated carbocycles. The predicted octanol–water partition coefficient (Wildman–Crippen LogP) is 3.94. The molecule has 5 nitrogen and oxygen atoms in total. The highest BCUT2D eigenvalue weighted by Gasteiger charge is 2.35. The predicted molar refractivity (Wildman–Crippen MR) is 100 cm³/mol. The maximum absolute atomic E-state index is 13.0. The lowest BCUT2D eigenvalue weighted by Crippen LogP contribution is -2.45. The number of imide groups is 1. The van der Waals surface area contributed by atoms with Crippen LogP contribution in [0.2, 0.25) is 0 Å². The molecule has 1 atom stereocenters. The molecule has 0 radical (unpaired) electrons. The molecule has 0 aromatic heterocycles. The lowest BCUT2D eigenvalue weighted by molar-refractivity contribution is 0.0542. The zero-order valence-electron chi connectivity index (χ0n) is 15.0. The summed E-state index contributed by atoms with van der Waals surface area (Å²) in [6, 6.07) is 8.92. The van der Waals surface area contributed by atoms with Gasteiger partial charge in [-0.3, -0.25) is 20.3 Å². The second-order valence-electron chi connectivity index (χ2n) is 7.19. The van der Waals surface area contributed by atoms with Gasteiger partial charge in [0.15, 0.2) is 0 Å². The summed E-state index contributed by atoms with van der Waals surface area (Å²) in [5, 5.41) is 1.49. The first-order valence-electron chi connectivity index (χ1n) is 8.86. The lowest BCUT2D eigenvalue weighted by Gasteiger charge is -2.32. The quantitative estimate of drug-likeness (QED) is 0.475. The number of hydrazine groups is 1. The van der Waals surface area contributed by atoms with Crippen molar-refractivity contribution >= 4 is 28.3 Å². The molecule has 132 valence electrons. The van der Waals surface area contributed by atoms with Crippen LogP contribution in [0.4, 0.5) is 5.69 Å². The van der Waals surface area contributed by atoms with Crippen LogP contribution in [-0.4, -0.2) is 22.8 Å². The largest absolute Gasteiger partial charge is 0.324 e. The maximum atomic E-state index is 13.0. The van der Waals surface area contributed by atoms with Gasteiger partial charge in [-0.05, 0) is 37.5 Å². The first-order chi connectivity index (χ1) is 12.0. The summed E-state index contributed by atoms with van der Waals surface area (Å²) in [7, 11) is 0. The number of hydrogen-bond acceptors (Lipinski definition) is 4. The van der Waals surface area contributed by atoms with Gasteiger partial charge < -0.3 is 5.43 Å². The number of nitrogen functional groups attached to an aromatic ring is 1. The average Bonchev–Trinajstić information content (AvgIpc) is 2.59. The van der Waals surface area contributed by atoms with Crippen LogP contribution in [0.5, 0.6) is 0 Å². The highest BCUT2D eigenvalue weighted by atomic mass is 16.2. The van der Waals surface area contributed by atoms with Gasteiger partial charge in [0, 0.05) is 27.9 Å². The SMILES string of the molecule is CC(C)CCCC(C)N1C(=O)c2cccc3c(NN)ccc(c23)C1=O. The second kappa shape index (κ2) is 6.84. The molecule has 25 heavy (non-hydrogen) atoms. The molecule has 1 aliphatic rings. The number of hydrogen-bond donors (Lipinski definition) is 2. The molecule has 2 aromatic carbocycles. The van der Waals surface area contributed by atoms with E-state index in [0.29, 0.717) is 28.1 Å². The van der Waals surface area contributed by atoms with Gasteiger partial charge in [0.2, 0.25) is 0 Å². The van der Waals surface area contributed by atoms with E-state index in [1.54, 1.807) is 18.2 Å². The summed E-state index contributed by atoms with van der Waals surface area (Å²) >= 11 is 0. The Morgan fingerprint density at radius 1 is 1.00 bits per heavy atom. The van der Waals surface area contributed by atoms with Gasteiger partial charge in [0.1, 0.15) is 0 Å². The van der Waals surface area contributed by atoms with Crippen LogP contribution < -0.4 is 11.3 Å². The zero-order valence-corrected chi connectivity index (χ0v) is 15.0. The maximum Gasteiger partial charge on any atom is 0.261 e.